The summed E-state index contributed by atoms with van der Waals surface area (Å²) in [6, 6.07) is 16.1. The highest BCUT2D eigenvalue weighted by Gasteiger charge is 2.21. The van der Waals surface area contributed by atoms with E-state index in [2.05, 4.69) is 34.3 Å². The van der Waals surface area contributed by atoms with Crippen LogP contribution in [-0.4, -0.2) is 54.0 Å². The first kappa shape index (κ1) is 23.1. The van der Waals surface area contributed by atoms with Gasteiger partial charge in [0.2, 0.25) is 11.8 Å². The normalized spacial score (nSPS) is 14.1. The zero-order valence-corrected chi connectivity index (χ0v) is 20.6. The average Bonchev–Trinajstić information content (AvgIpc) is 3.19. The second-order valence-corrected chi connectivity index (χ2v) is 9.89. The molecule has 8 heteroatoms. The number of halogens is 1. The fourth-order valence-corrected chi connectivity index (χ4v) is 5.15. The topological polar surface area (TPSA) is 49.6 Å². The SMILES string of the molecule is CSc1ccc(-c2nc(CSCC(=O)N3CCN(c4cccc(Cl)c4)CC3)c(C)o2)cc1. The Labute approximate surface area is 202 Å². The number of aromatic nitrogens is 1. The standard InChI is InChI=1S/C24H26ClN3O2S2/c1-17-22(26-24(30-17)18-6-8-21(31-2)9-7-18)15-32-16-23(29)28-12-10-27(11-13-28)20-5-3-4-19(25)14-20/h3-9,14H,10-13,15-16H2,1-2H3. The monoisotopic (exact) mass is 487 g/mol. The van der Waals surface area contributed by atoms with E-state index in [0.29, 0.717) is 17.4 Å². The summed E-state index contributed by atoms with van der Waals surface area (Å²) in [5, 5.41) is 0.737. The van der Waals surface area contributed by atoms with E-state index in [9.17, 15) is 4.79 Å². The van der Waals surface area contributed by atoms with Gasteiger partial charge in [-0.3, -0.25) is 4.79 Å². The number of hydrogen-bond donors (Lipinski definition) is 0. The number of amides is 1. The van der Waals surface area contributed by atoms with Crippen LogP contribution in [0.2, 0.25) is 5.02 Å². The van der Waals surface area contributed by atoms with E-state index < -0.39 is 0 Å². The number of rotatable bonds is 7. The molecule has 0 unspecified atom stereocenters. The van der Waals surface area contributed by atoms with Gasteiger partial charge in [-0.25, -0.2) is 4.98 Å². The molecule has 168 valence electrons. The number of nitrogens with zero attached hydrogens (tertiary/aromatic N) is 3. The van der Waals surface area contributed by atoms with Crippen LogP contribution in [0.1, 0.15) is 11.5 Å². The molecule has 1 saturated heterocycles. The van der Waals surface area contributed by atoms with Gasteiger partial charge in [-0.15, -0.1) is 23.5 Å². The number of piperazine rings is 1. The molecule has 1 aromatic heterocycles. The second-order valence-electron chi connectivity index (χ2n) is 7.59. The highest BCUT2D eigenvalue weighted by atomic mass is 35.5. The molecule has 3 aromatic rings. The van der Waals surface area contributed by atoms with Crippen LogP contribution in [0.4, 0.5) is 5.69 Å². The van der Waals surface area contributed by atoms with Gasteiger partial charge >= 0.3 is 0 Å². The molecule has 1 aliphatic rings. The largest absolute Gasteiger partial charge is 0.441 e. The van der Waals surface area contributed by atoms with Crippen molar-refractivity contribution < 1.29 is 9.21 Å². The van der Waals surface area contributed by atoms with Crippen molar-refractivity contribution in [2.24, 2.45) is 0 Å². The Morgan fingerprint density at radius 1 is 1.12 bits per heavy atom. The fourth-order valence-electron chi connectivity index (χ4n) is 3.63. The Kier molecular flexibility index (Phi) is 7.71. The number of oxazole rings is 1. The molecular weight excluding hydrogens is 462 g/mol. The van der Waals surface area contributed by atoms with Gasteiger partial charge in [-0.2, -0.15) is 0 Å². The van der Waals surface area contributed by atoms with Gasteiger partial charge < -0.3 is 14.2 Å². The highest BCUT2D eigenvalue weighted by Crippen LogP contribution is 2.26. The molecule has 32 heavy (non-hydrogen) atoms. The quantitative estimate of drug-likeness (QED) is 0.404. The minimum atomic E-state index is 0.176. The lowest BCUT2D eigenvalue weighted by Gasteiger charge is -2.36. The lowest BCUT2D eigenvalue weighted by atomic mass is 10.2. The summed E-state index contributed by atoms with van der Waals surface area (Å²) in [6.07, 6.45) is 2.06. The molecule has 5 nitrogen and oxygen atoms in total. The summed E-state index contributed by atoms with van der Waals surface area (Å²) in [6.45, 7) is 5.02. The zero-order chi connectivity index (χ0) is 22.5. The molecule has 0 saturated carbocycles. The van der Waals surface area contributed by atoms with Crippen molar-refractivity contribution in [1.82, 2.24) is 9.88 Å². The summed E-state index contributed by atoms with van der Waals surface area (Å²) >= 11 is 9.40. The first-order valence-corrected chi connectivity index (χ1v) is 13.3. The van der Waals surface area contributed by atoms with Crippen LogP contribution >= 0.6 is 35.1 Å². The van der Waals surface area contributed by atoms with Gasteiger partial charge in [0.05, 0.1) is 11.4 Å². The molecule has 1 aliphatic heterocycles. The van der Waals surface area contributed by atoms with Crippen LogP contribution < -0.4 is 4.90 Å². The van der Waals surface area contributed by atoms with E-state index >= 15 is 0 Å². The molecule has 0 bridgehead atoms. The maximum Gasteiger partial charge on any atom is 0.232 e. The van der Waals surface area contributed by atoms with Gasteiger partial charge in [0.1, 0.15) is 5.76 Å². The Hall–Kier alpha value is -2.09. The molecule has 2 heterocycles. The molecule has 0 aliphatic carbocycles. The number of anilines is 1. The third kappa shape index (κ3) is 5.63. The van der Waals surface area contributed by atoms with Crippen molar-refractivity contribution >= 4 is 46.7 Å². The number of carbonyl (C=O) groups excluding carboxylic acids is 1. The lowest BCUT2D eigenvalue weighted by molar-refractivity contribution is -0.128. The maximum absolute atomic E-state index is 12.7. The number of thioether (sulfide) groups is 2. The smallest absolute Gasteiger partial charge is 0.232 e. The Balaban J connectivity index is 1.26. The minimum absolute atomic E-state index is 0.176. The molecule has 0 radical (unpaired) electrons. The summed E-state index contributed by atoms with van der Waals surface area (Å²) in [5.74, 6) is 2.72. The zero-order valence-electron chi connectivity index (χ0n) is 18.2. The Morgan fingerprint density at radius 3 is 2.56 bits per heavy atom. The highest BCUT2D eigenvalue weighted by molar-refractivity contribution is 7.99. The van der Waals surface area contributed by atoms with Crippen molar-refractivity contribution in [3.05, 3.63) is 65.0 Å². The molecule has 1 fully saturated rings. The molecule has 0 atom stereocenters. The molecular formula is C24H26ClN3O2S2. The maximum atomic E-state index is 12.7. The second kappa shape index (κ2) is 10.7. The van der Waals surface area contributed by atoms with E-state index in [1.54, 1.807) is 23.5 Å². The van der Waals surface area contributed by atoms with E-state index in [1.165, 1.54) is 4.90 Å². The minimum Gasteiger partial charge on any atom is -0.441 e. The van der Waals surface area contributed by atoms with E-state index in [4.69, 9.17) is 16.0 Å². The predicted molar refractivity (Wildman–Crippen MR) is 135 cm³/mol. The average molecular weight is 488 g/mol. The van der Waals surface area contributed by atoms with E-state index in [-0.39, 0.29) is 5.91 Å². The van der Waals surface area contributed by atoms with Gasteiger partial charge in [-0.1, -0.05) is 17.7 Å². The summed E-state index contributed by atoms with van der Waals surface area (Å²) in [7, 11) is 0. The van der Waals surface area contributed by atoms with Gasteiger partial charge in [0.25, 0.3) is 0 Å². The van der Waals surface area contributed by atoms with Crippen LogP contribution in [-0.2, 0) is 10.5 Å². The van der Waals surface area contributed by atoms with Crippen LogP contribution in [0.25, 0.3) is 11.5 Å². The van der Waals surface area contributed by atoms with Crippen molar-refractivity contribution in [2.45, 2.75) is 17.6 Å². The van der Waals surface area contributed by atoms with Gasteiger partial charge in [0.15, 0.2) is 0 Å². The van der Waals surface area contributed by atoms with Gasteiger partial charge in [-0.05, 0) is 55.6 Å². The van der Waals surface area contributed by atoms with Gasteiger partial charge in [0, 0.05) is 53.1 Å². The summed E-state index contributed by atoms with van der Waals surface area (Å²) in [5.41, 5.74) is 2.98. The first-order valence-electron chi connectivity index (χ1n) is 10.5. The van der Waals surface area contributed by atoms with Crippen molar-refractivity contribution in [1.29, 1.82) is 0 Å². The fraction of sp³-hybridized carbons (Fsp3) is 0.333. The molecule has 0 N–H and O–H groups in total. The third-order valence-electron chi connectivity index (χ3n) is 5.50. The first-order chi connectivity index (χ1) is 15.5. The van der Waals surface area contributed by atoms with Crippen LogP contribution in [0.3, 0.4) is 0 Å². The van der Waals surface area contributed by atoms with Crippen molar-refractivity contribution in [2.75, 3.05) is 43.1 Å². The number of aryl methyl sites for hydroxylation is 1. The molecule has 2 aromatic carbocycles. The van der Waals surface area contributed by atoms with Crippen LogP contribution in [0.5, 0.6) is 0 Å². The summed E-state index contributed by atoms with van der Waals surface area (Å²) < 4.78 is 5.87. The molecule has 0 spiro atoms. The Morgan fingerprint density at radius 2 is 1.88 bits per heavy atom. The van der Waals surface area contributed by atoms with Crippen LogP contribution in [0, 0.1) is 6.92 Å². The number of carbonyl (C=O) groups is 1. The Bertz CT molecular complexity index is 1060. The lowest BCUT2D eigenvalue weighted by Crippen LogP contribution is -2.49. The molecule has 4 rings (SSSR count). The van der Waals surface area contributed by atoms with Crippen molar-refractivity contribution in [3.63, 3.8) is 0 Å². The number of hydrogen-bond acceptors (Lipinski definition) is 6. The van der Waals surface area contributed by atoms with E-state index in [1.807, 2.05) is 42.2 Å². The van der Waals surface area contributed by atoms with Crippen molar-refractivity contribution in [3.8, 4) is 11.5 Å². The van der Waals surface area contributed by atoms with E-state index in [0.717, 1.165) is 53.9 Å². The molecule has 1 amide bonds. The predicted octanol–water partition coefficient (Wildman–Crippen LogP) is 5.61. The number of benzene rings is 2. The third-order valence-corrected chi connectivity index (χ3v) is 7.41. The van der Waals surface area contributed by atoms with Crippen LogP contribution in [0.15, 0.2) is 57.8 Å². The summed E-state index contributed by atoms with van der Waals surface area (Å²) in [4.78, 5) is 22.8.